The lowest BCUT2D eigenvalue weighted by atomic mass is 10.0. The van der Waals surface area contributed by atoms with Crippen molar-refractivity contribution in [1.82, 2.24) is 20.4 Å². The highest BCUT2D eigenvalue weighted by Crippen LogP contribution is 2.31. The first-order chi connectivity index (χ1) is 12.9. The number of benzene rings is 1. The summed E-state index contributed by atoms with van der Waals surface area (Å²) in [4.78, 5) is 9.17. The van der Waals surface area contributed by atoms with Crippen LogP contribution < -0.4 is 15.4 Å². The van der Waals surface area contributed by atoms with Crippen LogP contribution in [-0.2, 0) is 0 Å². The maximum Gasteiger partial charge on any atom is 0.191 e. The number of nitrogens with one attached hydrogen (secondary N) is 2. The minimum atomic E-state index is 0. The zero-order chi connectivity index (χ0) is 19.9. The average Bonchev–Trinajstić information content (AvgIpc) is 3.19. The van der Waals surface area contributed by atoms with Crippen molar-refractivity contribution in [2.45, 2.75) is 38.3 Å². The zero-order valence-corrected chi connectivity index (χ0v) is 20.6. The van der Waals surface area contributed by atoms with Crippen LogP contribution in [-0.4, -0.2) is 75.7 Å². The first-order valence-electron chi connectivity index (χ1n) is 9.88. The molecule has 2 rings (SSSR count). The van der Waals surface area contributed by atoms with Crippen molar-refractivity contribution >= 4 is 29.9 Å². The third-order valence-corrected chi connectivity index (χ3v) is 5.66. The van der Waals surface area contributed by atoms with Crippen LogP contribution in [0.4, 0.5) is 0 Å². The van der Waals surface area contributed by atoms with Gasteiger partial charge < -0.3 is 20.3 Å². The Kier molecular flexibility index (Phi) is 10.5. The first-order valence-corrected chi connectivity index (χ1v) is 9.88. The molecule has 1 aliphatic rings. The number of ether oxygens (including phenoxy) is 1. The Bertz CT molecular complexity index is 615. The quantitative estimate of drug-likeness (QED) is 0.325. The Balaban J connectivity index is 0.00000392. The van der Waals surface area contributed by atoms with Crippen LogP contribution in [0.15, 0.2) is 29.3 Å². The zero-order valence-electron chi connectivity index (χ0n) is 18.3. The molecule has 1 aromatic rings. The number of rotatable bonds is 8. The Morgan fingerprint density at radius 2 is 1.86 bits per heavy atom. The summed E-state index contributed by atoms with van der Waals surface area (Å²) in [7, 11) is 7.77. The van der Waals surface area contributed by atoms with Gasteiger partial charge in [0.25, 0.3) is 0 Å². The van der Waals surface area contributed by atoms with Crippen LogP contribution >= 0.6 is 24.0 Å². The molecule has 7 heteroatoms. The van der Waals surface area contributed by atoms with Gasteiger partial charge in [0, 0.05) is 31.2 Å². The number of guanidine groups is 1. The SMILES string of the molecule is CN=C(NCC(c1ccccc1OC)N1CCCC1)NCC(C)(C)N(C)C.I. The first kappa shape index (κ1) is 25.0. The Morgan fingerprint density at radius 3 is 2.43 bits per heavy atom. The standard InChI is InChI=1S/C21H37N5O.HI/c1-21(2,25(4)5)16-24-20(22-3)23-15-18(26-13-9-10-14-26)17-11-7-8-12-19(17)27-6;/h7-8,11-12,18H,9-10,13-16H2,1-6H3,(H2,22,23,24);1H. The van der Waals surface area contributed by atoms with E-state index in [1.807, 2.05) is 19.2 Å². The molecule has 1 aliphatic heterocycles. The number of nitrogens with zero attached hydrogens (tertiary/aromatic N) is 3. The van der Waals surface area contributed by atoms with Crippen LogP contribution in [0, 0.1) is 0 Å². The van der Waals surface area contributed by atoms with Gasteiger partial charge in [0.15, 0.2) is 5.96 Å². The minimum absolute atomic E-state index is 0. The van der Waals surface area contributed by atoms with Crippen LogP contribution in [0.2, 0.25) is 0 Å². The van der Waals surface area contributed by atoms with Crippen molar-refractivity contribution in [3.63, 3.8) is 0 Å². The summed E-state index contributed by atoms with van der Waals surface area (Å²) >= 11 is 0. The molecule has 2 N–H and O–H groups in total. The number of likely N-dealkylation sites (N-methyl/N-ethyl adjacent to an activating group) is 1. The van der Waals surface area contributed by atoms with E-state index < -0.39 is 0 Å². The molecule has 28 heavy (non-hydrogen) atoms. The van der Waals surface area contributed by atoms with E-state index in [1.165, 1.54) is 18.4 Å². The van der Waals surface area contributed by atoms with Crippen molar-refractivity contribution in [2.24, 2.45) is 4.99 Å². The molecular formula is C21H38IN5O. The van der Waals surface area contributed by atoms with Gasteiger partial charge in [-0.1, -0.05) is 18.2 Å². The lowest BCUT2D eigenvalue weighted by Gasteiger charge is -2.34. The number of likely N-dealkylation sites (tertiary alicyclic amines) is 1. The molecular weight excluding hydrogens is 465 g/mol. The Morgan fingerprint density at radius 1 is 1.21 bits per heavy atom. The van der Waals surface area contributed by atoms with Crippen LogP contribution in [0.5, 0.6) is 5.75 Å². The van der Waals surface area contributed by atoms with Crippen molar-refractivity contribution in [1.29, 1.82) is 0 Å². The molecule has 1 atom stereocenters. The van der Waals surface area contributed by atoms with Gasteiger partial charge >= 0.3 is 0 Å². The Hall–Kier alpha value is -1.06. The highest BCUT2D eigenvalue weighted by Gasteiger charge is 2.26. The molecule has 0 aromatic heterocycles. The van der Waals surface area contributed by atoms with Gasteiger partial charge in [-0.25, -0.2) is 0 Å². The van der Waals surface area contributed by atoms with Gasteiger partial charge in [-0.3, -0.25) is 9.89 Å². The summed E-state index contributed by atoms with van der Waals surface area (Å²) in [5.41, 5.74) is 1.28. The van der Waals surface area contributed by atoms with Crippen LogP contribution in [0.1, 0.15) is 38.3 Å². The molecule has 160 valence electrons. The van der Waals surface area contributed by atoms with E-state index >= 15 is 0 Å². The summed E-state index contributed by atoms with van der Waals surface area (Å²) in [5.74, 6) is 1.79. The molecule has 1 saturated heterocycles. The Labute approximate surface area is 188 Å². The predicted octanol–water partition coefficient (Wildman–Crippen LogP) is 2.96. The fourth-order valence-corrected chi connectivity index (χ4v) is 3.30. The lowest BCUT2D eigenvalue weighted by Crippen LogP contribution is -2.51. The molecule has 1 fully saturated rings. The van der Waals surface area contributed by atoms with Gasteiger partial charge in [0.1, 0.15) is 5.75 Å². The highest BCUT2D eigenvalue weighted by molar-refractivity contribution is 14.0. The number of hydrogen-bond donors (Lipinski definition) is 2. The van der Waals surface area contributed by atoms with Crippen LogP contribution in [0.25, 0.3) is 0 Å². The number of methoxy groups -OCH3 is 1. The fourth-order valence-electron chi connectivity index (χ4n) is 3.30. The molecule has 1 unspecified atom stereocenters. The summed E-state index contributed by atoms with van der Waals surface area (Å²) in [6.07, 6.45) is 2.52. The minimum Gasteiger partial charge on any atom is -0.496 e. The average molecular weight is 503 g/mol. The van der Waals surface area contributed by atoms with Crippen molar-refractivity contribution < 1.29 is 4.74 Å². The third kappa shape index (κ3) is 6.77. The third-order valence-electron chi connectivity index (χ3n) is 5.66. The lowest BCUT2D eigenvalue weighted by molar-refractivity contribution is 0.197. The van der Waals surface area contributed by atoms with Gasteiger partial charge in [0.05, 0.1) is 13.2 Å². The van der Waals surface area contributed by atoms with E-state index in [4.69, 9.17) is 4.74 Å². The second-order valence-electron chi connectivity index (χ2n) is 8.01. The van der Waals surface area contributed by atoms with Gasteiger partial charge in [-0.2, -0.15) is 0 Å². The molecule has 1 aromatic carbocycles. The maximum absolute atomic E-state index is 5.63. The summed E-state index contributed by atoms with van der Waals surface area (Å²) in [6, 6.07) is 8.61. The summed E-state index contributed by atoms with van der Waals surface area (Å²) in [5, 5.41) is 7.00. The normalized spacial score (nSPS) is 16.6. The maximum atomic E-state index is 5.63. The largest absolute Gasteiger partial charge is 0.496 e. The van der Waals surface area contributed by atoms with Crippen molar-refractivity contribution in [3.05, 3.63) is 29.8 Å². The smallest absolute Gasteiger partial charge is 0.191 e. The summed E-state index contributed by atoms with van der Waals surface area (Å²) in [6.45, 7) is 8.31. The molecule has 0 radical (unpaired) electrons. The molecule has 6 nitrogen and oxygen atoms in total. The topological polar surface area (TPSA) is 52.1 Å². The molecule has 0 bridgehead atoms. The number of aliphatic imine (C=N–C) groups is 1. The molecule has 0 amide bonds. The van der Waals surface area contributed by atoms with E-state index in [0.717, 1.165) is 37.9 Å². The van der Waals surface area contributed by atoms with Crippen molar-refractivity contribution in [2.75, 3.05) is 54.4 Å². The number of halogens is 1. The molecule has 0 aliphatic carbocycles. The fraction of sp³-hybridized carbons (Fsp3) is 0.667. The van der Waals surface area contributed by atoms with E-state index in [0.29, 0.717) is 0 Å². The molecule has 0 saturated carbocycles. The predicted molar refractivity (Wildman–Crippen MR) is 129 cm³/mol. The van der Waals surface area contributed by atoms with Gasteiger partial charge in [-0.05, 0) is 59.9 Å². The second-order valence-corrected chi connectivity index (χ2v) is 8.01. The molecule has 0 spiro atoms. The monoisotopic (exact) mass is 503 g/mol. The molecule has 1 heterocycles. The summed E-state index contributed by atoms with van der Waals surface area (Å²) < 4.78 is 5.63. The highest BCUT2D eigenvalue weighted by atomic mass is 127. The van der Waals surface area contributed by atoms with Gasteiger partial charge in [-0.15, -0.1) is 24.0 Å². The van der Waals surface area contributed by atoms with Crippen LogP contribution in [0.3, 0.4) is 0 Å². The van der Waals surface area contributed by atoms with Gasteiger partial charge in [0.2, 0.25) is 0 Å². The van der Waals surface area contributed by atoms with E-state index in [9.17, 15) is 0 Å². The second kappa shape index (κ2) is 11.8. The number of hydrogen-bond acceptors (Lipinski definition) is 4. The van der Waals surface area contributed by atoms with E-state index in [-0.39, 0.29) is 35.6 Å². The van der Waals surface area contributed by atoms with E-state index in [2.05, 4.69) is 65.5 Å². The van der Waals surface area contributed by atoms with E-state index in [1.54, 1.807) is 7.11 Å². The number of para-hydroxylation sites is 1. The van der Waals surface area contributed by atoms with Crippen molar-refractivity contribution in [3.8, 4) is 5.75 Å².